The number of hydrogen-bond acceptors (Lipinski definition) is 1. The van der Waals surface area contributed by atoms with Crippen molar-refractivity contribution in [3.63, 3.8) is 0 Å². The minimum Gasteiger partial charge on any atom is -0.314 e. The van der Waals surface area contributed by atoms with E-state index < -0.39 is 0 Å². The minimum atomic E-state index is 0.732. The zero-order valence-electron chi connectivity index (χ0n) is 9.39. The lowest BCUT2D eigenvalue weighted by Gasteiger charge is -2.25. The van der Waals surface area contributed by atoms with Crippen molar-refractivity contribution in [1.82, 2.24) is 5.32 Å². The summed E-state index contributed by atoms with van der Waals surface area (Å²) in [6, 6.07) is 0.732. The molecule has 1 aliphatic carbocycles. The highest BCUT2D eigenvalue weighted by molar-refractivity contribution is 4.87. The monoisotopic (exact) mass is 193 g/mol. The van der Waals surface area contributed by atoms with Crippen LogP contribution in [0.3, 0.4) is 0 Å². The fraction of sp³-hybridized carbons (Fsp3) is 0.846. The maximum Gasteiger partial charge on any atom is 0.00955 e. The van der Waals surface area contributed by atoms with E-state index in [9.17, 15) is 0 Å². The first-order chi connectivity index (χ1) is 6.88. The Morgan fingerprint density at radius 1 is 1.29 bits per heavy atom. The van der Waals surface area contributed by atoms with Gasteiger partial charge in [0, 0.05) is 12.5 Å². The van der Waals surface area contributed by atoms with Gasteiger partial charge in [-0.1, -0.05) is 26.2 Å². The summed E-state index contributed by atoms with van der Waals surface area (Å²) >= 11 is 0. The van der Waals surface area contributed by atoms with Gasteiger partial charge >= 0.3 is 0 Å². The average Bonchev–Trinajstić information content (AvgIpc) is 2.41. The summed E-state index contributed by atoms with van der Waals surface area (Å²) in [5.41, 5.74) is 0. The molecule has 14 heavy (non-hydrogen) atoms. The van der Waals surface area contributed by atoms with Crippen molar-refractivity contribution in [2.45, 2.75) is 57.9 Å². The Hall–Kier alpha value is -0.480. The van der Waals surface area contributed by atoms with Crippen LogP contribution in [0.25, 0.3) is 0 Å². The highest BCUT2D eigenvalue weighted by atomic mass is 14.9. The second-order valence-electron chi connectivity index (χ2n) is 4.31. The van der Waals surface area contributed by atoms with Crippen molar-refractivity contribution >= 4 is 0 Å². The maximum absolute atomic E-state index is 5.33. The lowest BCUT2D eigenvalue weighted by Crippen LogP contribution is -2.35. The molecule has 1 saturated carbocycles. The number of rotatable bonds is 4. The van der Waals surface area contributed by atoms with Crippen molar-refractivity contribution in [2.24, 2.45) is 5.92 Å². The third kappa shape index (κ3) is 3.72. The number of terminal acetylenes is 1. The van der Waals surface area contributed by atoms with Crippen molar-refractivity contribution in [1.29, 1.82) is 0 Å². The zero-order chi connectivity index (χ0) is 10.2. The molecule has 0 saturated heterocycles. The van der Waals surface area contributed by atoms with Crippen molar-refractivity contribution in [3.8, 4) is 12.3 Å². The summed E-state index contributed by atoms with van der Waals surface area (Å²) in [4.78, 5) is 0. The van der Waals surface area contributed by atoms with Gasteiger partial charge in [-0.3, -0.25) is 0 Å². The molecule has 1 rings (SSSR count). The van der Waals surface area contributed by atoms with Gasteiger partial charge in [-0.15, -0.1) is 12.3 Å². The first-order valence-electron chi connectivity index (χ1n) is 6.05. The molecular weight excluding hydrogens is 170 g/mol. The highest BCUT2D eigenvalue weighted by Gasteiger charge is 2.21. The molecule has 0 aromatic heterocycles. The van der Waals surface area contributed by atoms with Crippen LogP contribution < -0.4 is 5.32 Å². The van der Waals surface area contributed by atoms with Crippen molar-refractivity contribution in [2.75, 3.05) is 6.54 Å². The number of hydrogen-bond donors (Lipinski definition) is 1. The third-order valence-corrected chi connectivity index (χ3v) is 3.28. The fourth-order valence-corrected chi connectivity index (χ4v) is 2.53. The first-order valence-corrected chi connectivity index (χ1v) is 6.05. The van der Waals surface area contributed by atoms with Crippen molar-refractivity contribution in [3.05, 3.63) is 0 Å². The van der Waals surface area contributed by atoms with E-state index in [0.717, 1.165) is 24.9 Å². The predicted octanol–water partition coefficient (Wildman–Crippen LogP) is 2.96. The summed E-state index contributed by atoms with van der Waals surface area (Å²) in [6.07, 6.45) is 14.4. The Kier molecular flexibility index (Phi) is 5.71. The molecule has 1 fully saturated rings. The SMILES string of the molecule is C#CCCC1CCCCCC1NCC. The smallest absolute Gasteiger partial charge is 0.00955 e. The molecule has 2 atom stereocenters. The molecule has 0 bridgehead atoms. The average molecular weight is 193 g/mol. The van der Waals surface area contributed by atoms with Crippen LogP contribution >= 0.6 is 0 Å². The van der Waals surface area contributed by atoms with Crippen LogP contribution in [0.2, 0.25) is 0 Å². The van der Waals surface area contributed by atoms with E-state index >= 15 is 0 Å². The predicted molar refractivity (Wildman–Crippen MR) is 62.1 cm³/mol. The summed E-state index contributed by atoms with van der Waals surface area (Å²) in [5, 5.41) is 3.61. The summed E-state index contributed by atoms with van der Waals surface area (Å²) in [6.45, 7) is 3.29. The molecule has 1 heteroatoms. The van der Waals surface area contributed by atoms with Gasteiger partial charge in [0.2, 0.25) is 0 Å². The lowest BCUT2D eigenvalue weighted by atomic mass is 9.90. The lowest BCUT2D eigenvalue weighted by molar-refractivity contribution is 0.324. The van der Waals surface area contributed by atoms with Gasteiger partial charge in [0.05, 0.1) is 0 Å². The molecule has 1 N–H and O–H groups in total. The minimum absolute atomic E-state index is 0.732. The van der Waals surface area contributed by atoms with E-state index in [1.807, 2.05) is 0 Å². The molecule has 2 unspecified atom stereocenters. The van der Waals surface area contributed by atoms with E-state index in [4.69, 9.17) is 6.42 Å². The van der Waals surface area contributed by atoms with Gasteiger partial charge in [-0.2, -0.15) is 0 Å². The molecule has 80 valence electrons. The molecular formula is C13H23N. The van der Waals surface area contributed by atoms with E-state index in [1.54, 1.807) is 0 Å². The number of nitrogens with one attached hydrogen (secondary N) is 1. The summed E-state index contributed by atoms with van der Waals surface area (Å²) in [7, 11) is 0. The van der Waals surface area contributed by atoms with E-state index in [1.165, 1.54) is 38.5 Å². The van der Waals surface area contributed by atoms with E-state index in [-0.39, 0.29) is 0 Å². The molecule has 0 heterocycles. The van der Waals surface area contributed by atoms with Gasteiger partial charge in [0.1, 0.15) is 0 Å². The standard InChI is InChI=1S/C13H23N/c1-3-5-9-12-10-7-6-8-11-13(12)14-4-2/h1,12-14H,4-11H2,2H3. The van der Waals surface area contributed by atoms with Gasteiger partial charge in [0.15, 0.2) is 0 Å². The second-order valence-corrected chi connectivity index (χ2v) is 4.31. The van der Waals surface area contributed by atoms with Crippen LogP contribution in [0.15, 0.2) is 0 Å². The Morgan fingerprint density at radius 3 is 2.79 bits per heavy atom. The van der Waals surface area contributed by atoms with Crippen LogP contribution in [0, 0.1) is 18.3 Å². The Labute approximate surface area is 88.7 Å². The van der Waals surface area contributed by atoms with Crippen molar-refractivity contribution < 1.29 is 0 Å². The second kappa shape index (κ2) is 6.90. The summed E-state index contributed by atoms with van der Waals surface area (Å²) in [5.74, 6) is 3.60. The normalized spacial score (nSPS) is 28.0. The van der Waals surface area contributed by atoms with Crippen LogP contribution in [-0.4, -0.2) is 12.6 Å². The van der Waals surface area contributed by atoms with E-state index in [0.29, 0.717) is 0 Å². The summed E-state index contributed by atoms with van der Waals surface area (Å²) < 4.78 is 0. The fourth-order valence-electron chi connectivity index (χ4n) is 2.53. The molecule has 0 aliphatic heterocycles. The van der Waals surface area contributed by atoms with Crippen LogP contribution in [0.5, 0.6) is 0 Å². The highest BCUT2D eigenvalue weighted by Crippen LogP contribution is 2.26. The van der Waals surface area contributed by atoms with Gasteiger partial charge in [-0.05, 0) is 31.7 Å². The zero-order valence-corrected chi connectivity index (χ0v) is 9.39. The Bertz CT molecular complexity index is 180. The molecule has 1 nitrogen and oxygen atoms in total. The third-order valence-electron chi connectivity index (χ3n) is 3.28. The molecule has 0 aromatic carbocycles. The molecule has 0 aromatic rings. The maximum atomic E-state index is 5.33. The Morgan fingerprint density at radius 2 is 2.07 bits per heavy atom. The van der Waals surface area contributed by atoms with Crippen LogP contribution in [-0.2, 0) is 0 Å². The van der Waals surface area contributed by atoms with Crippen LogP contribution in [0.1, 0.15) is 51.9 Å². The molecule has 0 spiro atoms. The van der Waals surface area contributed by atoms with Crippen LogP contribution in [0.4, 0.5) is 0 Å². The Balaban J connectivity index is 2.42. The molecule has 1 aliphatic rings. The molecule has 0 amide bonds. The largest absolute Gasteiger partial charge is 0.314 e. The van der Waals surface area contributed by atoms with Gasteiger partial charge < -0.3 is 5.32 Å². The molecule has 0 radical (unpaired) electrons. The quantitative estimate of drug-likeness (QED) is 0.534. The first kappa shape index (κ1) is 11.6. The van der Waals surface area contributed by atoms with E-state index in [2.05, 4.69) is 18.2 Å². The van der Waals surface area contributed by atoms with Gasteiger partial charge in [-0.25, -0.2) is 0 Å². The topological polar surface area (TPSA) is 12.0 Å². The van der Waals surface area contributed by atoms with Gasteiger partial charge in [0.25, 0.3) is 0 Å².